The molecule has 0 fully saturated rings. The van der Waals surface area contributed by atoms with Crippen LogP contribution in [-0.2, 0) is 16.0 Å². The van der Waals surface area contributed by atoms with Crippen LogP contribution in [-0.4, -0.2) is 34.6 Å². The smallest absolute Gasteiger partial charge is 0.275 e. The van der Waals surface area contributed by atoms with E-state index < -0.39 is 5.66 Å². The van der Waals surface area contributed by atoms with Gasteiger partial charge in [-0.25, -0.2) is 4.39 Å². The first-order valence-electron chi connectivity index (χ1n) is 8.87. The number of halogens is 1. The van der Waals surface area contributed by atoms with E-state index in [1.54, 1.807) is 13.8 Å². The maximum atomic E-state index is 13.2. The van der Waals surface area contributed by atoms with E-state index in [1.807, 2.05) is 31.2 Å². The second-order valence-electron chi connectivity index (χ2n) is 6.91. The quantitative estimate of drug-likeness (QED) is 0.880. The van der Waals surface area contributed by atoms with Gasteiger partial charge in [0.15, 0.2) is 0 Å². The lowest BCUT2D eigenvalue weighted by Gasteiger charge is -2.29. The van der Waals surface area contributed by atoms with Crippen LogP contribution in [0.4, 0.5) is 10.1 Å². The van der Waals surface area contributed by atoms with Gasteiger partial charge in [-0.3, -0.25) is 14.6 Å². The molecule has 5 nitrogen and oxygen atoms in total. The molecule has 6 heteroatoms. The van der Waals surface area contributed by atoms with Crippen LogP contribution >= 0.6 is 0 Å². The number of carbonyl (C=O) groups excluding carboxylic acids is 2. The summed E-state index contributed by atoms with van der Waals surface area (Å²) in [7, 11) is 0. The van der Waals surface area contributed by atoms with Gasteiger partial charge in [-0.05, 0) is 56.2 Å². The highest BCUT2D eigenvalue weighted by atomic mass is 19.1. The second kappa shape index (κ2) is 7.31. The Morgan fingerprint density at radius 3 is 2.48 bits per heavy atom. The van der Waals surface area contributed by atoms with Gasteiger partial charge in [0.25, 0.3) is 5.91 Å². The number of carbonyl (C=O) groups is 2. The SMILES string of the molecule is CCc1ccccc1NC(=O)CN1C(=O)C(c2ccc(F)cc2)=NC1(C)C. The summed E-state index contributed by atoms with van der Waals surface area (Å²) in [6, 6.07) is 13.2. The predicted molar refractivity (Wildman–Crippen MR) is 103 cm³/mol. The van der Waals surface area contributed by atoms with Gasteiger partial charge in [0.05, 0.1) is 0 Å². The van der Waals surface area contributed by atoms with Crippen molar-refractivity contribution in [2.24, 2.45) is 4.99 Å². The molecule has 0 unspecified atom stereocenters. The molecule has 0 spiro atoms. The van der Waals surface area contributed by atoms with Crippen molar-refractivity contribution in [3.05, 3.63) is 65.5 Å². The van der Waals surface area contributed by atoms with Crippen molar-refractivity contribution in [2.75, 3.05) is 11.9 Å². The van der Waals surface area contributed by atoms with Crippen molar-refractivity contribution in [3.63, 3.8) is 0 Å². The Bertz CT molecular complexity index is 904. The number of benzene rings is 2. The fourth-order valence-corrected chi connectivity index (χ4v) is 3.10. The van der Waals surface area contributed by atoms with Gasteiger partial charge in [-0.1, -0.05) is 25.1 Å². The Hall–Kier alpha value is -3.02. The third-order valence-corrected chi connectivity index (χ3v) is 4.59. The molecule has 140 valence electrons. The Kier molecular flexibility index (Phi) is 5.08. The average molecular weight is 367 g/mol. The van der Waals surface area contributed by atoms with E-state index >= 15 is 0 Å². The molecule has 1 N–H and O–H groups in total. The first kappa shape index (κ1) is 18.8. The van der Waals surface area contributed by atoms with Gasteiger partial charge >= 0.3 is 0 Å². The fraction of sp³-hybridized carbons (Fsp3) is 0.286. The minimum Gasteiger partial charge on any atom is -0.324 e. The number of aliphatic imine (C=N–C) groups is 1. The summed E-state index contributed by atoms with van der Waals surface area (Å²) in [5, 5.41) is 2.88. The van der Waals surface area contributed by atoms with Crippen molar-refractivity contribution in [1.82, 2.24) is 4.90 Å². The third kappa shape index (κ3) is 3.89. The summed E-state index contributed by atoms with van der Waals surface area (Å²) in [6.45, 7) is 5.45. The van der Waals surface area contributed by atoms with Crippen LogP contribution in [0.5, 0.6) is 0 Å². The van der Waals surface area contributed by atoms with Crippen LogP contribution in [0.1, 0.15) is 31.9 Å². The van der Waals surface area contributed by atoms with Gasteiger partial charge in [0.2, 0.25) is 5.91 Å². The number of rotatable bonds is 5. The number of nitrogens with one attached hydrogen (secondary N) is 1. The van der Waals surface area contributed by atoms with Crippen LogP contribution in [0.25, 0.3) is 0 Å². The molecule has 0 bridgehead atoms. The first-order chi connectivity index (χ1) is 12.8. The molecule has 2 aromatic carbocycles. The number of nitrogens with zero attached hydrogens (tertiary/aromatic N) is 2. The highest BCUT2D eigenvalue weighted by molar-refractivity contribution is 6.47. The molecule has 1 heterocycles. The lowest BCUT2D eigenvalue weighted by atomic mass is 10.1. The molecule has 0 radical (unpaired) electrons. The fourth-order valence-electron chi connectivity index (χ4n) is 3.10. The summed E-state index contributed by atoms with van der Waals surface area (Å²) >= 11 is 0. The van der Waals surface area contributed by atoms with Crippen LogP contribution in [0, 0.1) is 5.82 Å². The minimum absolute atomic E-state index is 0.113. The van der Waals surface area contributed by atoms with Crippen molar-refractivity contribution in [1.29, 1.82) is 0 Å². The lowest BCUT2D eigenvalue weighted by molar-refractivity contribution is -0.131. The number of para-hydroxylation sites is 1. The van der Waals surface area contributed by atoms with E-state index in [-0.39, 0.29) is 29.9 Å². The van der Waals surface area contributed by atoms with Crippen LogP contribution in [0.2, 0.25) is 0 Å². The molecule has 0 saturated heterocycles. The van der Waals surface area contributed by atoms with Crippen molar-refractivity contribution >= 4 is 23.2 Å². The molecular formula is C21H22FN3O2. The highest BCUT2D eigenvalue weighted by Crippen LogP contribution is 2.26. The van der Waals surface area contributed by atoms with Gasteiger partial charge in [0.1, 0.15) is 23.7 Å². The summed E-state index contributed by atoms with van der Waals surface area (Å²) in [4.78, 5) is 31.3. The molecular weight excluding hydrogens is 345 g/mol. The molecule has 2 amide bonds. The Balaban J connectivity index is 1.76. The molecule has 27 heavy (non-hydrogen) atoms. The molecule has 0 aromatic heterocycles. The van der Waals surface area contributed by atoms with E-state index in [9.17, 15) is 14.0 Å². The van der Waals surface area contributed by atoms with Gasteiger partial charge < -0.3 is 10.2 Å². The minimum atomic E-state index is -0.859. The zero-order valence-electron chi connectivity index (χ0n) is 15.6. The van der Waals surface area contributed by atoms with Crippen molar-refractivity contribution in [3.8, 4) is 0 Å². The second-order valence-corrected chi connectivity index (χ2v) is 6.91. The van der Waals surface area contributed by atoms with Crippen LogP contribution in [0.15, 0.2) is 53.5 Å². The summed E-state index contributed by atoms with van der Waals surface area (Å²) in [5.41, 5.74) is 1.69. The Labute approximate surface area is 157 Å². The van der Waals surface area contributed by atoms with Crippen LogP contribution < -0.4 is 5.32 Å². The monoisotopic (exact) mass is 367 g/mol. The van der Waals surface area contributed by atoms with Gasteiger partial charge in [0, 0.05) is 11.3 Å². The zero-order valence-corrected chi connectivity index (χ0v) is 15.6. The van der Waals surface area contributed by atoms with E-state index in [0.717, 1.165) is 17.7 Å². The molecule has 1 aliphatic rings. The average Bonchev–Trinajstić information content (AvgIpc) is 2.86. The molecule has 3 rings (SSSR count). The molecule has 0 aliphatic carbocycles. The molecule has 2 aromatic rings. The standard InChI is InChI=1S/C21H22FN3O2/c1-4-14-7-5-6-8-17(14)23-18(26)13-25-20(27)19(24-21(25,2)3)15-9-11-16(22)12-10-15/h5-12H,4,13H2,1-3H3,(H,23,26). The van der Waals surface area contributed by atoms with E-state index in [4.69, 9.17) is 0 Å². The Morgan fingerprint density at radius 1 is 1.15 bits per heavy atom. The maximum absolute atomic E-state index is 13.2. The van der Waals surface area contributed by atoms with E-state index in [2.05, 4.69) is 10.3 Å². The normalized spacial score (nSPS) is 15.6. The summed E-state index contributed by atoms with van der Waals surface area (Å²) in [5.74, 6) is -1.01. The van der Waals surface area contributed by atoms with Gasteiger partial charge in [-0.2, -0.15) is 0 Å². The first-order valence-corrected chi connectivity index (χ1v) is 8.87. The van der Waals surface area contributed by atoms with Crippen molar-refractivity contribution in [2.45, 2.75) is 32.9 Å². The number of hydrogen-bond acceptors (Lipinski definition) is 3. The molecule has 1 aliphatic heterocycles. The molecule has 0 saturated carbocycles. The summed E-state index contributed by atoms with van der Waals surface area (Å²) in [6.07, 6.45) is 0.794. The highest BCUT2D eigenvalue weighted by Gasteiger charge is 2.41. The zero-order chi connectivity index (χ0) is 19.6. The van der Waals surface area contributed by atoms with Crippen molar-refractivity contribution < 1.29 is 14.0 Å². The topological polar surface area (TPSA) is 61.8 Å². The third-order valence-electron chi connectivity index (χ3n) is 4.59. The number of amides is 2. The van der Waals surface area contributed by atoms with Crippen LogP contribution in [0.3, 0.4) is 0 Å². The number of aryl methyl sites for hydroxylation is 1. The maximum Gasteiger partial charge on any atom is 0.275 e. The largest absolute Gasteiger partial charge is 0.324 e. The van der Waals surface area contributed by atoms with Gasteiger partial charge in [-0.15, -0.1) is 0 Å². The van der Waals surface area contributed by atoms with E-state index in [1.165, 1.54) is 29.2 Å². The Morgan fingerprint density at radius 2 is 1.81 bits per heavy atom. The summed E-state index contributed by atoms with van der Waals surface area (Å²) < 4.78 is 13.2. The predicted octanol–water partition coefficient (Wildman–Crippen LogP) is 3.39. The van der Waals surface area contributed by atoms with E-state index in [0.29, 0.717) is 5.56 Å². The number of hydrogen-bond donors (Lipinski definition) is 1. The molecule has 0 atom stereocenters. The number of anilines is 1. The lowest BCUT2D eigenvalue weighted by Crippen LogP contribution is -2.46.